The molecule has 8 heteroatoms. The summed E-state index contributed by atoms with van der Waals surface area (Å²) in [5.41, 5.74) is 1.78. The lowest BCUT2D eigenvalue weighted by molar-refractivity contribution is 0.102. The third-order valence-electron chi connectivity index (χ3n) is 3.90. The Balaban J connectivity index is 1.66. The van der Waals surface area contributed by atoms with Gasteiger partial charge in [-0.2, -0.15) is 5.26 Å². The predicted octanol–water partition coefficient (Wildman–Crippen LogP) is 2.68. The number of anilines is 1. The molecule has 1 aromatic heterocycles. The van der Waals surface area contributed by atoms with Crippen LogP contribution in [0.3, 0.4) is 0 Å². The number of sulfonamides is 1. The average Bonchev–Trinajstić information content (AvgIpc) is 2.73. The van der Waals surface area contributed by atoms with Gasteiger partial charge in [0.05, 0.1) is 22.3 Å². The van der Waals surface area contributed by atoms with E-state index >= 15 is 0 Å². The van der Waals surface area contributed by atoms with Crippen LogP contribution in [-0.2, 0) is 16.6 Å². The van der Waals surface area contributed by atoms with Gasteiger partial charge in [0, 0.05) is 18.3 Å². The Bertz CT molecular complexity index is 1120. The number of pyridine rings is 1. The molecular weight excluding hydrogens is 376 g/mol. The maximum atomic E-state index is 12.4. The van der Waals surface area contributed by atoms with Gasteiger partial charge in [0.1, 0.15) is 6.07 Å². The van der Waals surface area contributed by atoms with Gasteiger partial charge in [-0.3, -0.25) is 9.78 Å². The topological polar surface area (TPSA) is 112 Å². The minimum absolute atomic E-state index is 0.0343. The zero-order valence-corrected chi connectivity index (χ0v) is 15.5. The molecule has 0 bridgehead atoms. The molecule has 0 saturated carbocycles. The molecule has 1 heterocycles. The van der Waals surface area contributed by atoms with E-state index in [2.05, 4.69) is 15.0 Å². The number of carbonyl (C=O) groups excluding carboxylic acids is 1. The van der Waals surface area contributed by atoms with Crippen LogP contribution in [0.5, 0.6) is 0 Å². The Morgan fingerprint density at radius 3 is 2.46 bits per heavy atom. The number of aromatic nitrogens is 1. The van der Waals surface area contributed by atoms with E-state index in [0.717, 1.165) is 0 Å². The van der Waals surface area contributed by atoms with Gasteiger partial charge in [-0.25, -0.2) is 13.1 Å². The molecule has 28 heavy (non-hydrogen) atoms. The fourth-order valence-electron chi connectivity index (χ4n) is 2.46. The number of carbonyl (C=O) groups is 1. The molecule has 3 rings (SSSR count). The van der Waals surface area contributed by atoms with Crippen molar-refractivity contribution >= 4 is 21.6 Å². The largest absolute Gasteiger partial charge is 0.321 e. The molecule has 0 aliphatic carbocycles. The average molecular weight is 392 g/mol. The van der Waals surface area contributed by atoms with Crippen LogP contribution in [0, 0.1) is 11.3 Å². The molecule has 0 aliphatic rings. The Hall–Kier alpha value is -3.54. The van der Waals surface area contributed by atoms with Crippen LogP contribution in [0.2, 0.25) is 0 Å². The summed E-state index contributed by atoms with van der Waals surface area (Å²) in [5, 5.41) is 11.8. The van der Waals surface area contributed by atoms with Crippen molar-refractivity contribution in [3.8, 4) is 6.07 Å². The second-order valence-electron chi connectivity index (χ2n) is 5.83. The molecule has 0 aliphatic heterocycles. The minimum atomic E-state index is -3.83. The van der Waals surface area contributed by atoms with Crippen molar-refractivity contribution in [2.75, 3.05) is 5.32 Å². The summed E-state index contributed by atoms with van der Waals surface area (Å²) in [4.78, 5) is 16.1. The summed E-state index contributed by atoms with van der Waals surface area (Å²) in [7, 11) is -3.83. The summed E-state index contributed by atoms with van der Waals surface area (Å²) >= 11 is 0. The van der Waals surface area contributed by atoms with Gasteiger partial charge in [0.25, 0.3) is 5.91 Å². The molecule has 0 saturated heterocycles. The van der Waals surface area contributed by atoms with E-state index < -0.39 is 10.0 Å². The molecule has 0 atom stereocenters. The van der Waals surface area contributed by atoms with Crippen LogP contribution in [0.4, 0.5) is 5.69 Å². The molecule has 0 unspecified atom stereocenters. The number of nitriles is 1. The van der Waals surface area contributed by atoms with Crippen LogP contribution in [-0.4, -0.2) is 19.3 Å². The Morgan fingerprint density at radius 2 is 1.79 bits per heavy atom. The number of nitrogens with zero attached hydrogens (tertiary/aromatic N) is 2. The van der Waals surface area contributed by atoms with Crippen LogP contribution < -0.4 is 10.0 Å². The first-order chi connectivity index (χ1) is 13.5. The Morgan fingerprint density at radius 1 is 1.04 bits per heavy atom. The Kier molecular flexibility index (Phi) is 5.79. The summed E-state index contributed by atoms with van der Waals surface area (Å²) in [5.74, 6) is -0.289. The second kappa shape index (κ2) is 8.43. The number of nitrogens with one attached hydrogen (secondary N) is 2. The lowest BCUT2D eigenvalue weighted by Gasteiger charge is -2.09. The quantitative estimate of drug-likeness (QED) is 0.670. The van der Waals surface area contributed by atoms with Crippen molar-refractivity contribution in [3.05, 3.63) is 89.7 Å². The van der Waals surface area contributed by atoms with Crippen molar-refractivity contribution in [2.24, 2.45) is 0 Å². The molecule has 140 valence electrons. The molecule has 3 aromatic rings. The highest BCUT2D eigenvalue weighted by Gasteiger charge is 2.17. The first-order valence-corrected chi connectivity index (χ1v) is 9.77. The van der Waals surface area contributed by atoms with Gasteiger partial charge in [-0.1, -0.05) is 24.3 Å². The summed E-state index contributed by atoms with van der Waals surface area (Å²) in [6.45, 7) is 0.0343. The molecule has 0 radical (unpaired) electrons. The molecule has 1 amide bonds. The maximum absolute atomic E-state index is 12.4. The van der Waals surface area contributed by atoms with E-state index in [1.807, 2.05) is 6.07 Å². The number of amides is 1. The highest BCUT2D eigenvalue weighted by molar-refractivity contribution is 7.89. The number of benzene rings is 2. The fourth-order valence-corrected chi connectivity index (χ4v) is 3.64. The first kappa shape index (κ1) is 19.2. The summed E-state index contributed by atoms with van der Waals surface area (Å²) in [6.07, 6.45) is 3.15. The maximum Gasteiger partial charge on any atom is 0.255 e. The molecule has 0 fully saturated rings. The smallest absolute Gasteiger partial charge is 0.255 e. The summed E-state index contributed by atoms with van der Waals surface area (Å²) in [6, 6.07) is 17.9. The van der Waals surface area contributed by atoms with Crippen LogP contribution >= 0.6 is 0 Å². The zero-order chi connectivity index (χ0) is 20.0. The normalized spacial score (nSPS) is 10.8. The molecule has 7 nitrogen and oxygen atoms in total. The second-order valence-corrected chi connectivity index (χ2v) is 7.56. The van der Waals surface area contributed by atoms with Gasteiger partial charge in [0.2, 0.25) is 10.0 Å². The van der Waals surface area contributed by atoms with Crippen LogP contribution in [0.1, 0.15) is 21.5 Å². The van der Waals surface area contributed by atoms with Gasteiger partial charge in [-0.05, 0) is 42.0 Å². The predicted molar refractivity (Wildman–Crippen MR) is 104 cm³/mol. The number of hydrogen-bond acceptors (Lipinski definition) is 5. The standard InChI is InChI=1S/C20H16N4O3S/c21-12-17-4-1-2-6-19(17)28(26,27)23-13-15-7-9-16(10-8-15)20(25)24-18-5-3-11-22-14-18/h1-11,14,23H,13H2,(H,24,25). The third-order valence-corrected chi connectivity index (χ3v) is 5.36. The van der Waals surface area contributed by atoms with Gasteiger partial charge < -0.3 is 5.32 Å². The highest BCUT2D eigenvalue weighted by atomic mass is 32.2. The van der Waals surface area contributed by atoms with Crippen molar-refractivity contribution < 1.29 is 13.2 Å². The zero-order valence-electron chi connectivity index (χ0n) is 14.7. The van der Waals surface area contributed by atoms with Gasteiger partial charge >= 0.3 is 0 Å². The van der Waals surface area contributed by atoms with E-state index in [9.17, 15) is 13.2 Å². The molecular formula is C20H16N4O3S. The van der Waals surface area contributed by atoms with Crippen molar-refractivity contribution in [1.82, 2.24) is 9.71 Å². The number of rotatable bonds is 6. The van der Waals surface area contributed by atoms with Crippen LogP contribution in [0.25, 0.3) is 0 Å². The lowest BCUT2D eigenvalue weighted by Crippen LogP contribution is -2.24. The van der Waals surface area contributed by atoms with E-state index in [1.54, 1.807) is 60.9 Å². The first-order valence-electron chi connectivity index (χ1n) is 8.29. The van der Waals surface area contributed by atoms with E-state index in [4.69, 9.17) is 5.26 Å². The van der Waals surface area contributed by atoms with Gasteiger partial charge in [-0.15, -0.1) is 0 Å². The lowest BCUT2D eigenvalue weighted by atomic mass is 10.1. The molecule has 2 N–H and O–H groups in total. The van der Waals surface area contributed by atoms with E-state index in [1.165, 1.54) is 12.1 Å². The highest BCUT2D eigenvalue weighted by Crippen LogP contribution is 2.15. The third kappa shape index (κ3) is 4.59. The van der Waals surface area contributed by atoms with Crippen molar-refractivity contribution in [3.63, 3.8) is 0 Å². The van der Waals surface area contributed by atoms with Crippen LogP contribution in [0.15, 0.2) is 78.0 Å². The monoisotopic (exact) mass is 392 g/mol. The molecule has 2 aromatic carbocycles. The van der Waals surface area contributed by atoms with E-state index in [0.29, 0.717) is 16.8 Å². The molecule has 0 spiro atoms. The SMILES string of the molecule is N#Cc1ccccc1S(=O)(=O)NCc1ccc(C(=O)Nc2cccnc2)cc1. The summed E-state index contributed by atoms with van der Waals surface area (Å²) < 4.78 is 27.3. The van der Waals surface area contributed by atoms with Gasteiger partial charge in [0.15, 0.2) is 0 Å². The van der Waals surface area contributed by atoms with E-state index in [-0.39, 0.29) is 22.9 Å². The Labute approximate surface area is 162 Å². The van der Waals surface area contributed by atoms with Crippen molar-refractivity contribution in [2.45, 2.75) is 11.4 Å². The minimum Gasteiger partial charge on any atom is -0.321 e. The number of hydrogen-bond donors (Lipinski definition) is 2. The van der Waals surface area contributed by atoms with Crippen molar-refractivity contribution in [1.29, 1.82) is 5.26 Å². The fraction of sp³-hybridized carbons (Fsp3) is 0.0500.